The first-order valence-electron chi connectivity index (χ1n) is 4.56. The zero-order valence-electron chi connectivity index (χ0n) is 8.75. The lowest BCUT2D eigenvalue weighted by atomic mass is 10.1. The summed E-state index contributed by atoms with van der Waals surface area (Å²) in [5.41, 5.74) is 0. The van der Waals surface area contributed by atoms with E-state index >= 15 is 0 Å². The molecule has 0 aromatic heterocycles. The van der Waals surface area contributed by atoms with E-state index in [0.29, 0.717) is 0 Å². The van der Waals surface area contributed by atoms with Crippen LogP contribution in [0.4, 0.5) is 22.0 Å². The standard InChI is InChI=1S/C7H12F5O4P/c1-2-3-5(16-17(13,14)15)6(8,9)4-7(10,11)12/h5H,2-4H2,1H3,(H2,13,14,15). The van der Waals surface area contributed by atoms with Gasteiger partial charge in [0.2, 0.25) is 0 Å². The number of alkyl halides is 5. The number of halogens is 5. The van der Waals surface area contributed by atoms with Crippen LogP contribution in [-0.4, -0.2) is 28.0 Å². The van der Waals surface area contributed by atoms with Gasteiger partial charge in [-0.05, 0) is 6.42 Å². The molecule has 0 aliphatic carbocycles. The quantitative estimate of drug-likeness (QED) is 0.582. The highest BCUT2D eigenvalue weighted by atomic mass is 31.2. The molecule has 0 aliphatic heterocycles. The van der Waals surface area contributed by atoms with Crippen molar-refractivity contribution in [2.24, 2.45) is 0 Å². The van der Waals surface area contributed by atoms with Gasteiger partial charge in [-0.15, -0.1) is 0 Å². The molecule has 1 unspecified atom stereocenters. The molecule has 104 valence electrons. The smallest absolute Gasteiger partial charge is 0.303 e. The van der Waals surface area contributed by atoms with Gasteiger partial charge >= 0.3 is 14.0 Å². The molecule has 10 heteroatoms. The highest BCUT2D eigenvalue weighted by Gasteiger charge is 2.51. The molecule has 0 aliphatic rings. The van der Waals surface area contributed by atoms with Crippen molar-refractivity contribution in [2.45, 2.75) is 44.4 Å². The zero-order valence-corrected chi connectivity index (χ0v) is 9.64. The van der Waals surface area contributed by atoms with Crippen molar-refractivity contribution in [1.29, 1.82) is 0 Å². The van der Waals surface area contributed by atoms with Crippen LogP contribution in [0.5, 0.6) is 0 Å². The van der Waals surface area contributed by atoms with Crippen molar-refractivity contribution >= 4 is 7.82 Å². The van der Waals surface area contributed by atoms with Crippen LogP contribution >= 0.6 is 7.82 Å². The summed E-state index contributed by atoms with van der Waals surface area (Å²) in [5, 5.41) is 0. The van der Waals surface area contributed by atoms with Crippen molar-refractivity contribution in [3.8, 4) is 0 Å². The molecule has 0 saturated heterocycles. The molecule has 0 bridgehead atoms. The lowest BCUT2D eigenvalue weighted by Gasteiger charge is -2.27. The fraction of sp³-hybridized carbons (Fsp3) is 1.00. The Hall–Kier alpha value is -0.240. The largest absolute Gasteiger partial charge is 0.470 e. The van der Waals surface area contributed by atoms with Crippen molar-refractivity contribution in [2.75, 3.05) is 0 Å². The highest BCUT2D eigenvalue weighted by Crippen LogP contribution is 2.45. The van der Waals surface area contributed by atoms with E-state index in [2.05, 4.69) is 4.52 Å². The first-order valence-corrected chi connectivity index (χ1v) is 6.09. The van der Waals surface area contributed by atoms with Crippen molar-refractivity contribution in [3.05, 3.63) is 0 Å². The van der Waals surface area contributed by atoms with Gasteiger partial charge in [-0.2, -0.15) is 13.2 Å². The van der Waals surface area contributed by atoms with Crippen LogP contribution in [0.1, 0.15) is 26.2 Å². The topological polar surface area (TPSA) is 66.8 Å². The van der Waals surface area contributed by atoms with E-state index in [4.69, 9.17) is 9.79 Å². The SMILES string of the molecule is CCCC(OP(=O)(O)O)C(F)(F)CC(F)(F)F. The van der Waals surface area contributed by atoms with Crippen LogP contribution < -0.4 is 0 Å². The number of phosphoric ester groups is 1. The maximum atomic E-state index is 13.1. The molecular formula is C7H12F5O4P. The summed E-state index contributed by atoms with van der Waals surface area (Å²) in [5.74, 6) is -4.38. The summed E-state index contributed by atoms with van der Waals surface area (Å²) in [6.45, 7) is 1.37. The predicted molar refractivity (Wildman–Crippen MR) is 47.4 cm³/mol. The van der Waals surface area contributed by atoms with Crippen LogP contribution in [0.25, 0.3) is 0 Å². The molecule has 0 amide bonds. The Morgan fingerprint density at radius 2 is 1.71 bits per heavy atom. The molecule has 17 heavy (non-hydrogen) atoms. The second-order valence-corrected chi connectivity index (χ2v) is 4.62. The average Bonchev–Trinajstić information content (AvgIpc) is 1.95. The third-order valence-corrected chi connectivity index (χ3v) is 2.25. The van der Waals surface area contributed by atoms with Crippen LogP contribution in [0.3, 0.4) is 0 Å². The molecule has 0 aromatic carbocycles. The lowest BCUT2D eigenvalue weighted by molar-refractivity contribution is -0.213. The maximum Gasteiger partial charge on any atom is 0.470 e. The molecule has 0 aromatic rings. The van der Waals surface area contributed by atoms with E-state index in [1.54, 1.807) is 0 Å². The van der Waals surface area contributed by atoms with Gasteiger partial charge in [-0.3, -0.25) is 4.52 Å². The monoisotopic (exact) mass is 286 g/mol. The van der Waals surface area contributed by atoms with Gasteiger partial charge in [0.25, 0.3) is 5.92 Å². The molecule has 0 fully saturated rings. The van der Waals surface area contributed by atoms with Gasteiger partial charge in [-0.25, -0.2) is 13.3 Å². The second-order valence-electron chi connectivity index (χ2n) is 3.43. The third-order valence-electron chi connectivity index (χ3n) is 1.72. The van der Waals surface area contributed by atoms with Gasteiger partial charge in [-0.1, -0.05) is 13.3 Å². The molecule has 0 heterocycles. The van der Waals surface area contributed by atoms with E-state index in [1.165, 1.54) is 6.92 Å². The summed E-state index contributed by atoms with van der Waals surface area (Å²) in [6.07, 6.45) is -10.7. The molecule has 4 nitrogen and oxygen atoms in total. The summed E-state index contributed by atoms with van der Waals surface area (Å²) in [7, 11) is -5.26. The number of phosphoric acid groups is 1. The number of rotatable bonds is 6. The minimum Gasteiger partial charge on any atom is -0.303 e. The van der Waals surface area contributed by atoms with Crippen LogP contribution in [0.2, 0.25) is 0 Å². The van der Waals surface area contributed by atoms with Crippen molar-refractivity contribution < 1.29 is 40.8 Å². The van der Waals surface area contributed by atoms with Crippen LogP contribution in [0.15, 0.2) is 0 Å². The molecule has 0 rings (SSSR count). The van der Waals surface area contributed by atoms with Crippen LogP contribution in [0, 0.1) is 0 Å². The normalized spacial score (nSPS) is 16.0. The van der Waals surface area contributed by atoms with Gasteiger partial charge in [0, 0.05) is 0 Å². The molecule has 0 radical (unpaired) electrons. The number of hydrogen-bond acceptors (Lipinski definition) is 2. The summed E-state index contributed by atoms with van der Waals surface area (Å²) < 4.78 is 75.9. The van der Waals surface area contributed by atoms with Gasteiger partial charge in [0.15, 0.2) is 0 Å². The number of hydrogen-bond donors (Lipinski definition) is 2. The van der Waals surface area contributed by atoms with Crippen molar-refractivity contribution in [1.82, 2.24) is 0 Å². The average molecular weight is 286 g/mol. The summed E-state index contributed by atoms with van der Waals surface area (Å²) in [6, 6.07) is 0. The highest BCUT2D eigenvalue weighted by molar-refractivity contribution is 7.46. The lowest BCUT2D eigenvalue weighted by Crippen LogP contribution is -2.39. The first kappa shape index (κ1) is 16.8. The van der Waals surface area contributed by atoms with Gasteiger partial charge < -0.3 is 9.79 Å². The Bertz CT molecular complexity index is 286. The van der Waals surface area contributed by atoms with E-state index in [0.717, 1.165) is 0 Å². The predicted octanol–water partition coefficient (Wildman–Crippen LogP) is 2.85. The zero-order chi connectivity index (χ0) is 13.9. The molecule has 0 spiro atoms. The second kappa shape index (κ2) is 5.60. The minimum absolute atomic E-state index is 0.00187. The van der Waals surface area contributed by atoms with Gasteiger partial charge in [0.05, 0.1) is 0 Å². The van der Waals surface area contributed by atoms with E-state index in [9.17, 15) is 26.5 Å². The Labute approximate surface area is 94.0 Å². The molecular weight excluding hydrogens is 274 g/mol. The Morgan fingerprint density at radius 1 is 1.24 bits per heavy atom. The molecule has 2 N–H and O–H groups in total. The Kier molecular flexibility index (Phi) is 5.52. The van der Waals surface area contributed by atoms with E-state index in [-0.39, 0.29) is 6.42 Å². The van der Waals surface area contributed by atoms with E-state index in [1.807, 2.05) is 0 Å². The Balaban J connectivity index is 4.84. The molecule has 0 saturated carbocycles. The van der Waals surface area contributed by atoms with Crippen molar-refractivity contribution in [3.63, 3.8) is 0 Å². The third kappa shape index (κ3) is 7.64. The summed E-state index contributed by atoms with van der Waals surface area (Å²) >= 11 is 0. The van der Waals surface area contributed by atoms with E-state index < -0.39 is 38.9 Å². The first-order chi connectivity index (χ1) is 7.37. The van der Waals surface area contributed by atoms with Crippen LogP contribution in [-0.2, 0) is 9.09 Å². The Morgan fingerprint density at radius 3 is 2.00 bits per heavy atom. The fourth-order valence-electron chi connectivity index (χ4n) is 1.15. The summed E-state index contributed by atoms with van der Waals surface area (Å²) in [4.78, 5) is 16.7. The van der Waals surface area contributed by atoms with Gasteiger partial charge in [0.1, 0.15) is 12.5 Å². The minimum atomic E-state index is -5.26. The maximum absolute atomic E-state index is 13.1. The molecule has 1 atom stereocenters. The fourth-order valence-corrected chi connectivity index (χ4v) is 1.74.